The molecule has 1 rings (SSSR count). The molecule has 0 radical (unpaired) electrons. The van der Waals surface area contributed by atoms with Crippen molar-refractivity contribution in [3.05, 3.63) is 0 Å². The molecule has 1 N–H and O–H groups in total. The first-order chi connectivity index (χ1) is 8.22. The first kappa shape index (κ1) is 15.0. The third-order valence-corrected chi connectivity index (χ3v) is 4.26. The number of hydrogen-bond acceptors (Lipinski definition) is 2. The van der Waals surface area contributed by atoms with E-state index >= 15 is 0 Å². The Bertz CT molecular complexity index is 187. The molecular weight excluding hydrogens is 210 g/mol. The van der Waals surface area contributed by atoms with Crippen molar-refractivity contribution in [2.75, 3.05) is 13.1 Å². The van der Waals surface area contributed by atoms with Gasteiger partial charge in [0.2, 0.25) is 0 Å². The van der Waals surface area contributed by atoms with Gasteiger partial charge >= 0.3 is 0 Å². The summed E-state index contributed by atoms with van der Waals surface area (Å²) in [5, 5.41) is 10.2. The summed E-state index contributed by atoms with van der Waals surface area (Å²) in [6.45, 7) is 9.05. The summed E-state index contributed by atoms with van der Waals surface area (Å²) >= 11 is 0. The van der Waals surface area contributed by atoms with Gasteiger partial charge in [-0.15, -0.1) is 0 Å². The Labute approximate surface area is 107 Å². The fourth-order valence-electron chi connectivity index (χ4n) is 3.24. The molecule has 102 valence electrons. The van der Waals surface area contributed by atoms with Crippen LogP contribution < -0.4 is 0 Å². The minimum atomic E-state index is -0.118. The molecule has 2 atom stereocenters. The van der Waals surface area contributed by atoms with Crippen LogP contribution in [0.15, 0.2) is 0 Å². The van der Waals surface area contributed by atoms with Crippen molar-refractivity contribution in [3.8, 4) is 0 Å². The van der Waals surface area contributed by atoms with Crippen LogP contribution in [0.4, 0.5) is 0 Å². The van der Waals surface area contributed by atoms with Crippen molar-refractivity contribution >= 4 is 0 Å². The van der Waals surface area contributed by atoms with E-state index in [4.69, 9.17) is 0 Å². The molecular formula is C15H31NO. The van der Waals surface area contributed by atoms with Gasteiger partial charge in [-0.3, -0.25) is 4.90 Å². The van der Waals surface area contributed by atoms with E-state index in [1.165, 1.54) is 38.8 Å². The summed E-state index contributed by atoms with van der Waals surface area (Å²) in [5.41, 5.74) is 0. The molecule has 0 saturated carbocycles. The van der Waals surface area contributed by atoms with Crippen molar-refractivity contribution in [2.45, 2.75) is 77.9 Å². The van der Waals surface area contributed by atoms with E-state index in [9.17, 15) is 5.11 Å². The molecule has 1 aliphatic heterocycles. The zero-order valence-electron chi connectivity index (χ0n) is 12.0. The molecule has 17 heavy (non-hydrogen) atoms. The maximum Gasteiger partial charge on any atom is 0.0695 e. The van der Waals surface area contributed by atoms with Gasteiger partial charge in [0.05, 0.1) is 6.10 Å². The lowest BCUT2D eigenvalue weighted by atomic mass is 9.90. The highest BCUT2D eigenvalue weighted by molar-refractivity contribution is 4.82. The lowest BCUT2D eigenvalue weighted by Gasteiger charge is -2.39. The number of aliphatic hydroxyl groups is 1. The lowest BCUT2D eigenvalue weighted by Crippen LogP contribution is -2.47. The maximum absolute atomic E-state index is 10.2. The SMILES string of the molecule is CCCC1CCN(C(CC)C(O)CCC)CC1. The Morgan fingerprint density at radius 2 is 1.76 bits per heavy atom. The van der Waals surface area contributed by atoms with E-state index in [2.05, 4.69) is 25.7 Å². The second-order valence-electron chi connectivity index (χ2n) is 5.60. The Morgan fingerprint density at radius 3 is 2.24 bits per heavy atom. The number of nitrogens with zero attached hydrogens (tertiary/aromatic N) is 1. The van der Waals surface area contributed by atoms with Gasteiger partial charge in [0.1, 0.15) is 0 Å². The minimum Gasteiger partial charge on any atom is -0.391 e. The Balaban J connectivity index is 2.39. The number of hydrogen-bond donors (Lipinski definition) is 1. The van der Waals surface area contributed by atoms with Crippen LogP contribution in [-0.2, 0) is 0 Å². The van der Waals surface area contributed by atoms with Crippen molar-refractivity contribution < 1.29 is 5.11 Å². The largest absolute Gasteiger partial charge is 0.391 e. The van der Waals surface area contributed by atoms with E-state index in [1.807, 2.05) is 0 Å². The van der Waals surface area contributed by atoms with Crippen LogP contribution in [0, 0.1) is 5.92 Å². The fraction of sp³-hybridized carbons (Fsp3) is 1.00. The van der Waals surface area contributed by atoms with E-state index in [-0.39, 0.29) is 6.10 Å². The molecule has 0 aromatic rings. The molecule has 2 heteroatoms. The number of aliphatic hydroxyl groups excluding tert-OH is 1. The van der Waals surface area contributed by atoms with Crippen LogP contribution >= 0.6 is 0 Å². The van der Waals surface area contributed by atoms with Crippen LogP contribution in [0.3, 0.4) is 0 Å². The normalized spacial score (nSPS) is 22.6. The third-order valence-electron chi connectivity index (χ3n) is 4.26. The highest BCUT2D eigenvalue weighted by atomic mass is 16.3. The molecule has 2 nitrogen and oxygen atoms in total. The van der Waals surface area contributed by atoms with Gasteiger partial charge in [-0.05, 0) is 44.7 Å². The maximum atomic E-state index is 10.2. The van der Waals surface area contributed by atoms with Crippen LogP contribution in [-0.4, -0.2) is 35.2 Å². The van der Waals surface area contributed by atoms with Gasteiger partial charge in [-0.1, -0.05) is 40.0 Å². The number of piperidine rings is 1. The highest BCUT2D eigenvalue weighted by Gasteiger charge is 2.27. The van der Waals surface area contributed by atoms with Crippen LogP contribution in [0.1, 0.15) is 65.7 Å². The molecule has 0 aromatic carbocycles. The predicted octanol–water partition coefficient (Wildman–Crippen LogP) is 3.44. The summed E-state index contributed by atoms with van der Waals surface area (Å²) in [6.07, 6.45) is 8.39. The van der Waals surface area contributed by atoms with Gasteiger partial charge in [0, 0.05) is 6.04 Å². The van der Waals surface area contributed by atoms with Gasteiger partial charge in [-0.25, -0.2) is 0 Å². The van der Waals surface area contributed by atoms with Crippen LogP contribution in [0.5, 0.6) is 0 Å². The molecule has 0 aromatic heterocycles. The molecule has 1 aliphatic rings. The molecule has 1 fully saturated rings. The van der Waals surface area contributed by atoms with E-state index in [1.54, 1.807) is 0 Å². The van der Waals surface area contributed by atoms with Gasteiger partial charge < -0.3 is 5.11 Å². The first-order valence-electron chi connectivity index (χ1n) is 7.64. The second kappa shape index (κ2) is 8.10. The van der Waals surface area contributed by atoms with Crippen molar-refractivity contribution in [2.24, 2.45) is 5.92 Å². The third kappa shape index (κ3) is 4.59. The highest BCUT2D eigenvalue weighted by Crippen LogP contribution is 2.25. The molecule has 0 aliphatic carbocycles. The van der Waals surface area contributed by atoms with E-state index in [0.29, 0.717) is 6.04 Å². The average Bonchev–Trinajstić information content (AvgIpc) is 2.33. The number of likely N-dealkylation sites (tertiary alicyclic amines) is 1. The first-order valence-corrected chi connectivity index (χ1v) is 7.64. The number of rotatable bonds is 7. The predicted molar refractivity (Wildman–Crippen MR) is 74.2 cm³/mol. The summed E-state index contributed by atoms with van der Waals surface area (Å²) in [6, 6.07) is 0.400. The van der Waals surface area contributed by atoms with Crippen molar-refractivity contribution in [1.29, 1.82) is 0 Å². The Kier molecular flexibility index (Phi) is 7.14. The molecule has 0 spiro atoms. The molecule has 2 unspecified atom stereocenters. The zero-order chi connectivity index (χ0) is 12.7. The smallest absolute Gasteiger partial charge is 0.0695 e. The Morgan fingerprint density at radius 1 is 1.12 bits per heavy atom. The van der Waals surface area contributed by atoms with Crippen LogP contribution in [0.25, 0.3) is 0 Å². The van der Waals surface area contributed by atoms with E-state index in [0.717, 1.165) is 25.2 Å². The average molecular weight is 241 g/mol. The monoisotopic (exact) mass is 241 g/mol. The fourth-order valence-corrected chi connectivity index (χ4v) is 3.24. The summed E-state index contributed by atoms with van der Waals surface area (Å²) < 4.78 is 0. The summed E-state index contributed by atoms with van der Waals surface area (Å²) in [7, 11) is 0. The van der Waals surface area contributed by atoms with Crippen molar-refractivity contribution in [3.63, 3.8) is 0 Å². The topological polar surface area (TPSA) is 23.5 Å². The molecule has 1 saturated heterocycles. The zero-order valence-corrected chi connectivity index (χ0v) is 12.0. The van der Waals surface area contributed by atoms with Gasteiger partial charge in [0.15, 0.2) is 0 Å². The quantitative estimate of drug-likeness (QED) is 0.738. The standard InChI is InChI=1S/C15H31NO/c1-4-7-13-9-11-16(12-10-13)14(6-3)15(17)8-5-2/h13-15,17H,4-12H2,1-3H3. The van der Waals surface area contributed by atoms with Gasteiger partial charge in [0.25, 0.3) is 0 Å². The Hall–Kier alpha value is -0.0800. The second-order valence-corrected chi connectivity index (χ2v) is 5.60. The summed E-state index contributed by atoms with van der Waals surface area (Å²) in [5.74, 6) is 0.942. The van der Waals surface area contributed by atoms with E-state index < -0.39 is 0 Å². The molecule has 0 bridgehead atoms. The molecule has 1 heterocycles. The van der Waals surface area contributed by atoms with Gasteiger partial charge in [-0.2, -0.15) is 0 Å². The molecule has 0 amide bonds. The summed E-state index contributed by atoms with van der Waals surface area (Å²) in [4.78, 5) is 2.53. The minimum absolute atomic E-state index is 0.118. The van der Waals surface area contributed by atoms with Crippen molar-refractivity contribution in [1.82, 2.24) is 4.90 Å². The lowest BCUT2D eigenvalue weighted by molar-refractivity contribution is 0.0215. The van der Waals surface area contributed by atoms with Crippen LogP contribution in [0.2, 0.25) is 0 Å².